The highest BCUT2D eigenvalue weighted by Gasteiger charge is 2.35. The van der Waals surface area contributed by atoms with Gasteiger partial charge in [0.05, 0.1) is 13.2 Å². The number of hydrogen-bond acceptors (Lipinski definition) is 2. The highest BCUT2D eigenvalue weighted by molar-refractivity contribution is 5.86. The number of carbonyl (C=O) groups excluding carboxylic acids is 2. The predicted octanol–water partition coefficient (Wildman–Crippen LogP) is 2.21. The van der Waals surface area contributed by atoms with Crippen molar-refractivity contribution >= 4 is 11.8 Å². The van der Waals surface area contributed by atoms with Gasteiger partial charge in [-0.3, -0.25) is 9.59 Å². The van der Waals surface area contributed by atoms with Gasteiger partial charge in [-0.15, -0.1) is 0 Å². The molecule has 0 bridgehead atoms. The van der Waals surface area contributed by atoms with Gasteiger partial charge in [0.15, 0.2) is 0 Å². The molecule has 4 heteroatoms. The lowest BCUT2D eigenvalue weighted by atomic mass is 9.82. The Morgan fingerprint density at radius 2 is 2.27 bits per heavy atom. The van der Waals surface area contributed by atoms with Crippen LogP contribution in [0.5, 0.6) is 0 Å². The van der Waals surface area contributed by atoms with E-state index in [1.54, 1.807) is 11.0 Å². The maximum Gasteiger partial charge on any atom is 0.230 e. The van der Waals surface area contributed by atoms with E-state index < -0.39 is 0 Å². The van der Waals surface area contributed by atoms with Crippen LogP contribution in [0.2, 0.25) is 0 Å². The number of aryl methyl sites for hydroxylation is 1. The van der Waals surface area contributed by atoms with Crippen molar-refractivity contribution in [1.82, 2.24) is 10.2 Å². The minimum absolute atomic E-state index is 0.0690. The van der Waals surface area contributed by atoms with Crippen molar-refractivity contribution in [3.63, 3.8) is 0 Å². The molecule has 0 aromatic heterocycles. The van der Waals surface area contributed by atoms with E-state index in [4.69, 9.17) is 1.37 Å². The van der Waals surface area contributed by atoms with Crippen LogP contribution in [0.3, 0.4) is 0 Å². The predicted molar refractivity (Wildman–Crippen MR) is 85.1 cm³/mol. The van der Waals surface area contributed by atoms with Crippen molar-refractivity contribution in [2.24, 2.45) is 5.92 Å². The molecule has 0 radical (unpaired) electrons. The molecule has 1 N–H and O–H groups in total. The minimum atomic E-state index is -0.228. The van der Waals surface area contributed by atoms with E-state index in [0.29, 0.717) is 25.6 Å². The quantitative estimate of drug-likeness (QED) is 0.930. The first-order valence-electron chi connectivity index (χ1n) is 8.40. The number of nitrogens with zero attached hydrogens (tertiary/aromatic N) is 1. The number of nitrogens with one attached hydrogen (secondary N) is 1. The van der Waals surface area contributed by atoms with E-state index >= 15 is 0 Å². The van der Waals surface area contributed by atoms with E-state index in [1.807, 2.05) is 12.1 Å². The first-order chi connectivity index (χ1) is 11.1. The Hall–Kier alpha value is -2.10. The Morgan fingerprint density at radius 1 is 1.41 bits per heavy atom. The summed E-state index contributed by atoms with van der Waals surface area (Å²) in [6.07, 6.45) is 4.78. The van der Waals surface area contributed by atoms with Crippen molar-refractivity contribution in [2.75, 3.05) is 13.1 Å². The van der Waals surface area contributed by atoms with Gasteiger partial charge in [0.1, 0.15) is 0 Å². The summed E-state index contributed by atoms with van der Waals surface area (Å²) in [4.78, 5) is 26.6. The Kier molecular flexibility index (Phi) is 3.91. The molecule has 1 aliphatic heterocycles. The topological polar surface area (TPSA) is 49.4 Å². The average Bonchev–Trinajstić information content (AvgIpc) is 3.04. The Balaban J connectivity index is 1.76. The number of carbonyl (C=O) groups is 2. The Morgan fingerprint density at radius 3 is 3.09 bits per heavy atom. The summed E-state index contributed by atoms with van der Waals surface area (Å²) >= 11 is 0. The van der Waals surface area contributed by atoms with Crippen LogP contribution in [0.25, 0.3) is 0 Å². The third-order valence-electron chi connectivity index (χ3n) is 4.68. The van der Waals surface area contributed by atoms with Crippen LogP contribution >= 0.6 is 0 Å². The fourth-order valence-electron chi connectivity index (χ4n) is 3.53. The highest BCUT2D eigenvalue weighted by Crippen LogP contribution is 2.34. The number of benzene rings is 1. The average molecular weight is 300 g/mol. The lowest BCUT2D eigenvalue weighted by molar-refractivity contribution is -0.132. The molecule has 22 heavy (non-hydrogen) atoms. The van der Waals surface area contributed by atoms with Gasteiger partial charge in [-0.05, 0) is 43.0 Å². The van der Waals surface area contributed by atoms with Crippen molar-refractivity contribution in [2.45, 2.75) is 31.6 Å². The molecule has 116 valence electrons. The van der Waals surface area contributed by atoms with E-state index in [0.717, 1.165) is 30.4 Å². The third-order valence-corrected chi connectivity index (χ3v) is 4.68. The normalized spacial score (nSPS) is 24.4. The maximum atomic E-state index is 12.9. The van der Waals surface area contributed by atoms with Gasteiger partial charge in [-0.25, -0.2) is 0 Å². The highest BCUT2D eigenvalue weighted by atomic mass is 16.2. The number of fused-ring (bicyclic) bond motifs is 1. The summed E-state index contributed by atoms with van der Waals surface area (Å²) in [6.45, 7) is 4.58. The van der Waals surface area contributed by atoms with Gasteiger partial charge in [0.25, 0.3) is 0 Å². The van der Waals surface area contributed by atoms with E-state index in [-0.39, 0.29) is 23.7 Å². The van der Waals surface area contributed by atoms with Crippen LogP contribution in [-0.2, 0) is 16.0 Å². The molecule has 1 fully saturated rings. The molecule has 1 saturated heterocycles. The SMILES string of the molecule is [3H]c1cccc2c1C(C(=O)N1CCC(C(=O)NC=C)C1)CCC2. The molecule has 1 aromatic rings. The fourth-order valence-corrected chi connectivity index (χ4v) is 3.53. The number of likely N-dealkylation sites (tertiary alicyclic amines) is 1. The second-order valence-electron chi connectivity index (χ2n) is 6.04. The Bertz CT molecular complexity index is 644. The second-order valence-corrected chi connectivity index (χ2v) is 6.04. The Labute approximate surface area is 132 Å². The van der Waals surface area contributed by atoms with Crippen LogP contribution in [0.1, 0.15) is 37.7 Å². The van der Waals surface area contributed by atoms with Crippen molar-refractivity contribution < 1.29 is 11.0 Å². The number of amides is 2. The molecule has 0 saturated carbocycles. The smallest absolute Gasteiger partial charge is 0.230 e. The molecule has 2 amide bonds. The molecule has 1 aliphatic carbocycles. The minimum Gasteiger partial charge on any atom is -0.341 e. The summed E-state index contributed by atoms with van der Waals surface area (Å²) in [5.74, 6) is -0.389. The molecule has 3 rings (SSSR count). The van der Waals surface area contributed by atoms with Crippen LogP contribution in [0.4, 0.5) is 0 Å². The third kappa shape index (κ3) is 2.78. The first kappa shape index (κ1) is 13.6. The van der Waals surface area contributed by atoms with E-state index in [9.17, 15) is 9.59 Å². The van der Waals surface area contributed by atoms with Crippen LogP contribution < -0.4 is 5.32 Å². The maximum absolute atomic E-state index is 12.9. The molecule has 1 aromatic carbocycles. The molecular formula is C18H22N2O2. The molecule has 2 aliphatic rings. The molecule has 4 nitrogen and oxygen atoms in total. The number of rotatable bonds is 3. The summed E-state index contributed by atoms with van der Waals surface area (Å²) in [5, 5.41) is 2.61. The zero-order valence-corrected chi connectivity index (χ0v) is 12.7. The first-order valence-corrected chi connectivity index (χ1v) is 7.90. The number of hydrogen-bond donors (Lipinski definition) is 1. The van der Waals surface area contributed by atoms with Gasteiger partial charge in [0.2, 0.25) is 11.8 Å². The zero-order chi connectivity index (χ0) is 16.4. The standard InChI is InChI=1S/C18H22N2O2/c1-2-19-17(21)14-10-11-20(12-14)18(22)16-9-5-7-13-6-3-4-8-15(13)16/h2-4,6,8,14,16H,1,5,7,9-12H2,(H,19,21)/i8T. The van der Waals surface area contributed by atoms with Crippen LogP contribution in [0, 0.1) is 5.92 Å². The second kappa shape index (κ2) is 6.34. The molecule has 2 unspecified atom stereocenters. The molecule has 0 spiro atoms. The zero-order valence-electron chi connectivity index (χ0n) is 13.7. The van der Waals surface area contributed by atoms with E-state index in [1.165, 1.54) is 6.20 Å². The van der Waals surface area contributed by atoms with Crippen LogP contribution in [-0.4, -0.2) is 29.8 Å². The van der Waals surface area contributed by atoms with Gasteiger partial charge >= 0.3 is 0 Å². The summed E-state index contributed by atoms with van der Waals surface area (Å²) < 4.78 is 8.16. The van der Waals surface area contributed by atoms with Crippen LogP contribution in [0.15, 0.2) is 37.0 Å². The summed E-state index contributed by atoms with van der Waals surface area (Å²) in [5.41, 5.74) is 2.02. The monoisotopic (exact) mass is 300 g/mol. The lowest BCUT2D eigenvalue weighted by Crippen LogP contribution is -2.36. The van der Waals surface area contributed by atoms with Crippen molar-refractivity contribution in [1.29, 1.82) is 0 Å². The van der Waals surface area contributed by atoms with Crippen molar-refractivity contribution in [3.05, 3.63) is 48.1 Å². The summed E-state index contributed by atoms with van der Waals surface area (Å²) in [7, 11) is 0. The fraction of sp³-hybridized carbons (Fsp3) is 0.444. The van der Waals surface area contributed by atoms with E-state index in [2.05, 4.69) is 11.9 Å². The summed E-state index contributed by atoms with van der Waals surface area (Å²) in [6, 6.07) is 6.13. The van der Waals surface area contributed by atoms with Gasteiger partial charge in [-0.1, -0.05) is 30.8 Å². The molecular weight excluding hydrogens is 276 g/mol. The van der Waals surface area contributed by atoms with Gasteiger partial charge < -0.3 is 10.2 Å². The lowest BCUT2D eigenvalue weighted by Gasteiger charge is -2.28. The van der Waals surface area contributed by atoms with Gasteiger partial charge in [0, 0.05) is 13.1 Å². The van der Waals surface area contributed by atoms with Crippen molar-refractivity contribution in [3.8, 4) is 0 Å². The van der Waals surface area contributed by atoms with Gasteiger partial charge in [-0.2, -0.15) is 0 Å². The molecule has 2 atom stereocenters. The largest absolute Gasteiger partial charge is 0.341 e. The molecule has 1 heterocycles.